The standard InChI is InChI=1S/C14H10Cl3NO4S/c1-22-14(19)8-2-4-9(5-3-8)18-23(20,21)13-7-11(16)10(15)6-12(13)17/h2-7,18H,1H3. The molecule has 9 heteroatoms. The maximum absolute atomic E-state index is 12.4. The molecule has 0 radical (unpaired) electrons. The van der Waals surface area contributed by atoms with Crippen LogP contribution in [-0.2, 0) is 14.8 Å². The Balaban J connectivity index is 2.32. The summed E-state index contributed by atoms with van der Waals surface area (Å²) in [4.78, 5) is 11.1. The number of halogens is 3. The smallest absolute Gasteiger partial charge is 0.337 e. The molecule has 2 rings (SSSR count). The first kappa shape index (κ1) is 17.9. The maximum atomic E-state index is 12.4. The summed E-state index contributed by atoms with van der Waals surface area (Å²) in [7, 11) is -2.71. The Morgan fingerprint density at radius 2 is 1.57 bits per heavy atom. The summed E-state index contributed by atoms with van der Waals surface area (Å²) in [5.41, 5.74) is 0.544. The van der Waals surface area contributed by atoms with Crippen LogP contribution in [0.15, 0.2) is 41.3 Å². The second-order valence-electron chi connectivity index (χ2n) is 4.37. The van der Waals surface area contributed by atoms with Gasteiger partial charge < -0.3 is 4.74 Å². The third kappa shape index (κ3) is 4.09. The lowest BCUT2D eigenvalue weighted by Gasteiger charge is -2.11. The van der Waals surface area contributed by atoms with Gasteiger partial charge in [0.05, 0.1) is 27.7 Å². The summed E-state index contributed by atoms with van der Waals surface area (Å²) >= 11 is 17.5. The lowest BCUT2D eigenvalue weighted by molar-refractivity contribution is 0.0601. The van der Waals surface area contributed by atoms with E-state index >= 15 is 0 Å². The summed E-state index contributed by atoms with van der Waals surface area (Å²) in [6, 6.07) is 8.13. The second-order valence-corrected chi connectivity index (χ2v) is 7.24. The summed E-state index contributed by atoms with van der Waals surface area (Å²) in [5.74, 6) is -0.521. The molecule has 0 spiro atoms. The van der Waals surface area contributed by atoms with Crippen molar-refractivity contribution in [3.8, 4) is 0 Å². The fourth-order valence-corrected chi connectivity index (χ4v) is 3.77. The molecule has 0 amide bonds. The van der Waals surface area contributed by atoms with Crippen LogP contribution in [0.3, 0.4) is 0 Å². The highest BCUT2D eigenvalue weighted by atomic mass is 35.5. The number of anilines is 1. The van der Waals surface area contributed by atoms with Crippen LogP contribution < -0.4 is 4.72 Å². The van der Waals surface area contributed by atoms with E-state index < -0.39 is 16.0 Å². The van der Waals surface area contributed by atoms with Gasteiger partial charge in [0.1, 0.15) is 4.90 Å². The minimum atomic E-state index is -3.96. The molecule has 0 aromatic heterocycles. The Kier molecular flexibility index (Phi) is 5.41. The van der Waals surface area contributed by atoms with Gasteiger partial charge in [0.25, 0.3) is 10.0 Å². The molecule has 0 fully saturated rings. The van der Waals surface area contributed by atoms with Crippen LogP contribution in [0.25, 0.3) is 0 Å². The lowest BCUT2D eigenvalue weighted by atomic mass is 10.2. The molecule has 23 heavy (non-hydrogen) atoms. The molecule has 0 atom stereocenters. The fraction of sp³-hybridized carbons (Fsp3) is 0.0714. The number of hydrogen-bond acceptors (Lipinski definition) is 4. The van der Waals surface area contributed by atoms with Gasteiger partial charge in [-0.15, -0.1) is 0 Å². The lowest BCUT2D eigenvalue weighted by Crippen LogP contribution is -2.13. The van der Waals surface area contributed by atoms with E-state index in [1.165, 1.54) is 37.4 Å². The molecule has 5 nitrogen and oxygen atoms in total. The van der Waals surface area contributed by atoms with Gasteiger partial charge in [0, 0.05) is 5.69 Å². The Labute approximate surface area is 148 Å². The monoisotopic (exact) mass is 393 g/mol. The van der Waals surface area contributed by atoms with E-state index in [1.807, 2.05) is 0 Å². The topological polar surface area (TPSA) is 72.5 Å². The van der Waals surface area contributed by atoms with Gasteiger partial charge in [0.15, 0.2) is 0 Å². The van der Waals surface area contributed by atoms with Gasteiger partial charge in [-0.3, -0.25) is 4.72 Å². The zero-order chi connectivity index (χ0) is 17.2. The molecular formula is C14H10Cl3NO4S. The zero-order valence-electron chi connectivity index (χ0n) is 11.6. The first-order chi connectivity index (χ1) is 10.7. The van der Waals surface area contributed by atoms with Crippen molar-refractivity contribution < 1.29 is 17.9 Å². The number of sulfonamides is 1. The van der Waals surface area contributed by atoms with E-state index in [0.29, 0.717) is 5.56 Å². The number of benzene rings is 2. The molecule has 0 aliphatic carbocycles. The Hall–Kier alpha value is -1.47. The van der Waals surface area contributed by atoms with Gasteiger partial charge in [-0.1, -0.05) is 34.8 Å². The van der Waals surface area contributed by atoms with E-state index in [-0.39, 0.29) is 25.7 Å². The minimum Gasteiger partial charge on any atom is -0.465 e. The van der Waals surface area contributed by atoms with Gasteiger partial charge >= 0.3 is 5.97 Å². The van der Waals surface area contributed by atoms with Crippen molar-refractivity contribution in [2.75, 3.05) is 11.8 Å². The molecule has 0 aliphatic rings. The molecule has 0 saturated carbocycles. The summed E-state index contributed by atoms with van der Waals surface area (Å²) in [6.07, 6.45) is 0. The first-order valence-corrected chi connectivity index (χ1v) is 8.72. The molecule has 0 unspecified atom stereocenters. The van der Waals surface area contributed by atoms with Crippen molar-refractivity contribution in [3.05, 3.63) is 57.0 Å². The minimum absolute atomic E-state index is 0.0573. The third-order valence-corrected chi connectivity index (χ3v) is 5.39. The number of carbonyl (C=O) groups excluding carboxylic acids is 1. The van der Waals surface area contributed by atoms with Crippen LogP contribution in [0, 0.1) is 0 Å². The highest BCUT2D eigenvalue weighted by Crippen LogP contribution is 2.32. The second kappa shape index (κ2) is 6.97. The summed E-state index contributed by atoms with van der Waals surface area (Å²) in [5, 5.41) is 0.161. The maximum Gasteiger partial charge on any atom is 0.337 e. The number of ether oxygens (including phenoxy) is 1. The van der Waals surface area contributed by atoms with E-state index in [2.05, 4.69) is 9.46 Å². The van der Waals surface area contributed by atoms with Crippen molar-refractivity contribution in [2.45, 2.75) is 4.90 Å². The summed E-state index contributed by atoms with van der Waals surface area (Å²) < 4.78 is 31.6. The van der Waals surface area contributed by atoms with Crippen LogP contribution in [0.4, 0.5) is 5.69 Å². The molecular weight excluding hydrogens is 385 g/mol. The van der Waals surface area contributed by atoms with Crippen molar-refractivity contribution >= 4 is 56.5 Å². The third-order valence-electron chi connectivity index (χ3n) is 2.82. The molecule has 2 aromatic carbocycles. The highest BCUT2D eigenvalue weighted by Gasteiger charge is 2.20. The predicted molar refractivity (Wildman–Crippen MR) is 90.1 cm³/mol. The van der Waals surface area contributed by atoms with Crippen molar-refractivity contribution in [1.82, 2.24) is 0 Å². The van der Waals surface area contributed by atoms with Gasteiger partial charge in [0.2, 0.25) is 0 Å². The number of rotatable bonds is 4. The SMILES string of the molecule is COC(=O)c1ccc(NS(=O)(=O)c2cc(Cl)c(Cl)cc2Cl)cc1. The number of methoxy groups -OCH3 is 1. The number of nitrogens with one attached hydrogen (secondary N) is 1. The van der Waals surface area contributed by atoms with E-state index in [9.17, 15) is 13.2 Å². The quantitative estimate of drug-likeness (QED) is 0.622. The van der Waals surface area contributed by atoms with E-state index in [4.69, 9.17) is 34.8 Å². The van der Waals surface area contributed by atoms with Gasteiger partial charge in [-0.2, -0.15) is 0 Å². The number of esters is 1. The Morgan fingerprint density at radius 3 is 2.13 bits per heavy atom. The first-order valence-electron chi connectivity index (χ1n) is 6.10. The number of hydrogen-bond donors (Lipinski definition) is 1. The molecule has 0 saturated heterocycles. The zero-order valence-corrected chi connectivity index (χ0v) is 14.7. The normalized spacial score (nSPS) is 11.1. The van der Waals surface area contributed by atoms with Crippen molar-refractivity contribution in [1.29, 1.82) is 0 Å². The average Bonchev–Trinajstić information content (AvgIpc) is 2.50. The van der Waals surface area contributed by atoms with Crippen molar-refractivity contribution in [3.63, 3.8) is 0 Å². The van der Waals surface area contributed by atoms with Gasteiger partial charge in [-0.25, -0.2) is 13.2 Å². The van der Waals surface area contributed by atoms with Crippen LogP contribution in [-0.4, -0.2) is 21.5 Å². The van der Waals surface area contributed by atoms with E-state index in [1.54, 1.807) is 0 Å². The van der Waals surface area contributed by atoms with Crippen LogP contribution in [0.2, 0.25) is 15.1 Å². The van der Waals surface area contributed by atoms with Crippen LogP contribution in [0.1, 0.15) is 10.4 Å². The van der Waals surface area contributed by atoms with Crippen LogP contribution >= 0.6 is 34.8 Å². The number of carbonyl (C=O) groups is 1. The molecule has 2 aromatic rings. The summed E-state index contributed by atoms with van der Waals surface area (Å²) in [6.45, 7) is 0. The molecule has 0 bridgehead atoms. The molecule has 1 N–H and O–H groups in total. The molecule has 0 heterocycles. The molecule has 122 valence electrons. The Morgan fingerprint density at radius 1 is 1.00 bits per heavy atom. The average molecular weight is 395 g/mol. The van der Waals surface area contributed by atoms with Crippen LogP contribution in [0.5, 0.6) is 0 Å². The highest BCUT2D eigenvalue weighted by molar-refractivity contribution is 7.92. The van der Waals surface area contributed by atoms with E-state index in [0.717, 1.165) is 6.07 Å². The van der Waals surface area contributed by atoms with Crippen molar-refractivity contribution in [2.24, 2.45) is 0 Å². The predicted octanol–water partition coefficient (Wildman–Crippen LogP) is 4.23. The largest absolute Gasteiger partial charge is 0.465 e. The fourth-order valence-electron chi connectivity index (χ4n) is 1.71. The Bertz CT molecular complexity index is 851. The molecule has 0 aliphatic heterocycles. The van der Waals surface area contributed by atoms with Gasteiger partial charge in [-0.05, 0) is 36.4 Å².